The summed E-state index contributed by atoms with van der Waals surface area (Å²) in [6.07, 6.45) is 8.08. The first-order valence-corrected chi connectivity index (χ1v) is 9.84. The van der Waals surface area contributed by atoms with Crippen LogP contribution < -0.4 is 5.76 Å². The lowest BCUT2D eigenvalue weighted by Gasteiger charge is -2.57. The van der Waals surface area contributed by atoms with E-state index in [0.717, 1.165) is 24.3 Å². The molecule has 6 rings (SSSR count). The summed E-state index contributed by atoms with van der Waals surface area (Å²) in [4.78, 5) is 26.8. The maximum Gasteiger partial charge on any atom is 0.420 e. The Morgan fingerprint density at radius 2 is 1.77 bits per heavy atom. The Bertz CT molecular complexity index is 874. The van der Waals surface area contributed by atoms with Crippen LogP contribution in [0, 0.1) is 23.2 Å². The number of carbonyl (C=O) groups is 1. The number of para-hydroxylation sites is 2. The van der Waals surface area contributed by atoms with E-state index in [1.807, 2.05) is 30.1 Å². The molecule has 4 aliphatic carbocycles. The van der Waals surface area contributed by atoms with Gasteiger partial charge in [-0.25, -0.2) is 4.79 Å². The van der Waals surface area contributed by atoms with Crippen LogP contribution in [0.15, 0.2) is 33.5 Å². The number of fused-ring (bicyclic) bond motifs is 1. The minimum atomic E-state index is -0.456. The summed E-state index contributed by atoms with van der Waals surface area (Å²) in [5.41, 5.74) is 1.55. The lowest BCUT2D eigenvalue weighted by molar-refractivity contribution is -0.136. The van der Waals surface area contributed by atoms with Crippen LogP contribution in [0.25, 0.3) is 11.1 Å². The van der Waals surface area contributed by atoms with Gasteiger partial charge in [0.1, 0.15) is 6.54 Å². The van der Waals surface area contributed by atoms with Gasteiger partial charge in [0.05, 0.1) is 5.52 Å². The molecule has 5 heteroatoms. The Kier molecular flexibility index (Phi) is 3.56. The van der Waals surface area contributed by atoms with Crippen LogP contribution in [0.1, 0.15) is 38.5 Å². The van der Waals surface area contributed by atoms with E-state index in [9.17, 15) is 9.59 Å². The van der Waals surface area contributed by atoms with Gasteiger partial charge in [0, 0.05) is 13.6 Å². The van der Waals surface area contributed by atoms with Gasteiger partial charge in [-0.15, -0.1) is 0 Å². The molecule has 4 saturated carbocycles. The van der Waals surface area contributed by atoms with Crippen LogP contribution in [0.2, 0.25) is 0 Å². The van der Waals surface area contributed by atoms with Crippen molar-refractivity contribution in [1.29, 1.82) is 0 Å². The number of oxazole rings is 1. The van der Waals surface area contributed by atoms with Gasteiger partial charge < -0.3 is 9.32 Å². The summed E-state index contributed by atoms with van der Waals surface area (Å²) >= 11 is 0. The van der Waals surface area contributed by atoms with Gasteiger partial charge in [-0.2, -0.15) is 0 Å². The van der Waals surface area contributed by atoms with Crippen molar-refractivity contribution in [3.05, 3.63) is 34.8 Å². The summed E-state index contributed by atoms with van der Waals surface area (Å²) in [7, 11) is 1.90. The van der Waals surface area contributed by atoms with Crippen LogP contribution in [0.4, 0.5) is 0 Å². The Labute approximate surface area is 153 Å². The van der Waals surface area contributed by atoms with Crippen molar-refractivity contribution in [2.45, 2.75) is 45.1 Å². The van der Waals surface area contributed by atoms with E-state index in [4.69, 9.17) is 4.42 Å². The largest absolute Gasteiger partial charge is 0.420 e. The molecule has 0 saturated heterocycles. The molecule has 0 spiro atoms. The first-order chi connectivity index (χ1) is 12.5. The number of amides is 1. The number of benzene rings is 1. The summed E-state index contributed by atoms with van der Waals surface area (Å²) in [6, 6.07) is 7.28. The van der Waals surface area contributed by atoms with Gasteiger partial charge in [0.25, 0.3) is 0 Å². The standard InChI is InChI=1S/C21H26N2O3/c1-22(13-21-9-14-6-15(10-21)8-16(7-14)11-21)19(24)12-23-17-4-2-3-5-18(17)26-20(23)25/h2-5,14-16H,6-13H2,1H3. The fourth-order valence-corrected chi connectivity index (χ4v) is 6.49. The maximum absolute atomic E-state index is 12.9. The van der Waals surface area contributed by atoms with Crippen LogP contribution in [-0.2, 0) is 11.3 Å². The van der Waals surface area contributed by atoms with Gasteiger partial charge in [-0.3, -0.25) is 9.36 Å². The second-order valence-electron chi connectivity index (χ2n) is 9.09. The van der Waals surface area contributed by atoms with Crippen molar-refractivity contribution in [2.75, 3.05) is 13.6 Å². The van der Waals surface area contributed by atoms with Gasteiger partial charge >= 0.3 is 5.76 Å². The Morgan fingerprint density at radius 1 is 1.15 bits per heavy atom. The predicted octanol–water partition coefficient (Wildman–Crippen LogP) is 3.27. The molecule has 5 nitrogen and oxygen atoms in total. The molecule has 138 valence electrons. The highest BCUT2D eigenvalue weighted by atomic mass is 16.4. The third-order valence-corrected chi connectivity index (χ3v) is 7.03. The summed E-state index contributed by atoms with van der Waals surface area (Å²) < 4.78 is 6.70. The molecule has 1 amide bonds. The van der Waals surface area contributed by atoms with Crippen molar-refractivity contribution in [3.8, 4) is 0 Å². The lowest BCUT2D eigenvalue weighted by atomic mass is 9.49. The van der Waals surface area contributed by atoms with Crippen molar-refractivity contribution < 1.29 is 9.21 Å². The molecule has 4 aliphatic rings. The number of nitrogens with zero attached hydrogens (tertiary/aromatic N) is 2. The first-order valence-electron chi connectivity index (χ1n) is 9.84. The SMILES string of the molecule is CN(CC12CC3CC(CC(C3)C1)C2)C(=O)Cn1c(=O)oc2ccccc21. The van der Waals surface area contributed by atoms with Crippen molar-refractivity contribution in [1.82, 2.24) is 9.47 Å². The van der Waals surface area contributed by atoms with E-state index in [2.05, 4.69) is 0 Å². The van der Waals surface area contributed by atoms with E-state index in [1.165, 1.54) is 43.1 Å². The number of hydrogen-bond acceptors (Lipinski definition) is 3. The van der Waals surface area contributed by atoms with E-state index < -0.39 is 5.76 Å². The summed E-state index contributed by atoms with van der Waals surface area (Å²) in [6.45, 7) is 0.887. The van der Waals surface area contributed by atoms with E-state index in [1.54, 1.807) is 6.07 Å². The molecule has 4 bridgehead atoms. The molecule has 1 aromatic heterocycles. The monoisotopic (exact) mass is 354 g/mol. The topological polar surface area (TPSA) is 55.5 Å². The van der Waals surface area contributed by atoms with Gasteiger partial charge in [-0.1, -0.05) is 12.1 Å². The fraction of sp³-hybridized carbons (Fsp3) is 0.619. The number of likely N-dealkylation sites (N-methyl/N-ethyl adjacent to an activating group) is 1. The number of hydrogen-bond donors (Lipinski definition) is 0. The number of rotatable bonds is 4. The van der Waals surface area contributed by atoms with Crippen LogP contribution in [0.3, 0.4) is 0 Å². The second-order valence-corrected chi connectivity index (χ2v) is 9.09. The zero-order valence-corrected chi connectivity index (χ0v) is 15.3. The third kappa shape index (κ3) is 2.60. The number of carbonyl (C=O) groups excluding carboxylic acids is 1. The minimum Gasteiger partial charge on any atom is -0.408 e. The molecule has 26 heavy (non-hydrogen) atoms. The van der Waals surface area contributed by atoms with E-state index >= 15 is 0 Å². The maximum atomic E-state index is 12.9. The summed E-state index contributed by atoms with van der Waals surface area (Å²) in [5.74, 6) is 2.18. The van der Waals surface area contributed by atoms with Crippen molar-refractivity contribution in [2.24, 2.45) is 23.2 Å². The first kappa shape index (κ1) is 16.2. The molecule has 0 N–H and O–H groups in total. The molecule has 4 fully saturated rings. The average molecular weight is 354 g/mol. The Balaban J connectivity index is 1.33. The highest BCUT2D eigenvalue weighted by Crippen LogP contribution is 2.60. The lowest BCUT2D eigenvalue weighted by Crippen LogP contribution is -2.51. The van der Waals surface area contributed by atoms with Crippen LogP contribution in [-0.4, -0.2) is 29.0 Å². The molecule has 2 aromatic rings. The van der Waals surface area contributed by atoms with E-state index in [0.29, 0.717) is 16.5 Å². The highest BCUT2D eigenvalue weighted by molar-refractivity contribution is 5.79. The summed E-state index contributed by atoms with van der Waals surface area (Å²) in [5, 5.41) is 0. The van der Waals surface area contributed by atoms with Gasteiger partial charge in [-0.05, 0) is 73.8 Å². The third-order valence-electron chi connectivity index (χ3n) is 7.03. The normalized spacial score (nSPS) is 32.3. The molecule has 0 unspecified atom stereocenters. The molecular formula is C21H26N2O3. The van der Waals surface area contributed by atoms with Gasteiger partial charge in [0.15, 0.2) is 5.58 Å². The second kappa shape index (κ2) is 5.73. The highest BCUT2D eigenvalue weighted by Gasteiger charge is 2.51. The van der Waals surface area contributed by atoms with Crippen LogP contribution >= 0.6 is 0 Å². The Hall–Kier alpha value is -2.04. The molecule has 0 radical (unpaired) electrons. The van der Waals surface area contributed by atoms with Crippen molar-refractivity contribution in [3.63, 3.8) is 0 Å². The Morgan fingerprint density at radius 3 is 2.42 bits per heavy atom. The number of aromatic nitrogens is 1. The van der Waals surface area contributed by atoms with Gasteiger partial charge in [0.2, 0.25) is 5.91 Å². The molecular weight excluding hydrogens is 328 g/mol. The molecule has 1 aromatic carbocycles. The predicted molar refractivity (Wildman–Crippen MR) is 98.7 cm³/mol. The minimum absolute atomic E-state index is 0.00519. The molecule has 0 atom stereocenters. The van der Waals surface area contributed by atoms with E-state index in [-0.39, 0.29) is 12.5 Å². The fourth-order valence-electron chi connectivity index (χ4n) is 6.49. The average Bonchev–Trinajstić information content (AvgIpc) is 2.89. The quantitative estimate of drug-likeness (QED) is 0.847. The molecule has 0 aliphatic heterocycles. The zero-order chi connectivity index (χ0) is 17.9. The van der Waals surface area contributed by atoms with Crippen LogP contribution in [0.5, 0.6) is 0 Å². The van der Waals surface area contributed by atoms with Crippen molar-refractivity contribution >= 4 is 17.0 Å². The zero-order valence-electron chi connectivity index (χ0n) is 15.3. The smallest absolute Gasteiger partial charge is 0.408 e. The molecule has 1 heterocycles.